The van der Waals surface area contributed by atoms with E-state index >= 15 is 0 Å². The van der Waals surface area contributed by atoms with Crippen LogP contribution in [-0.4, -0.2) is 24.3 Å². The number of hydrogen-bond acceptors (Lipinski definition) is 2. The zero-order chi connectivity index (χ0) is 8.77. The predicted octanol–water partition coefficient (Wildman–Crippen LogP) is 1.46. The van der Waals surface area contributed by atoms with Gasteiger partial charge in [0.05, 0.1) is 5.54 Å². The van der Waals surface area contributed by atoms with Crippen LogP contribution in [0.2, 0.25) is 0 Å². The van der Waals surface area contributed by atoms with Crippen LogP contribution in [0.25, 0.3) is 0 Å². The summed E-state index contributed by atoms with van der Waals surface area (Å²) < 4.78 is 0. The summed E-state index contributed by atoms with van der Waals surface area (Å²) in [4.78, 5) is 4.55. The van der Waals surface area contributed by atoms with E-state index in [-0.39, 0.29) is 5.54 Å². The molecule has 0 saturated heterocycles. The lowest BCUT2D eigenvalue weighted by Gasteiger charge is -2.29. The Kier molecular flexibility index (Phi) is 1.76. The maximum Gasteiger partial charge on any atom is 0.0673 e. The number of rotatable bonds is 1. The van der Waals surface area contributed by atoms with E-state index in [1.807, 2.05) is 0 Å². The van der Waals surface area contributed by atoms with Crippen LogP contribution in [0, 0.1) is 11.8 Å². The first-order valence-corrected chi connectivity index (χ1v) is 4.87. The Morgan fingerprint density at radius 3 is 2.58 bits per heavy atom. The molecule has 2 rings (SSSR count). The van der Waals surface area contributed by atoms with Crippen LogP contribution in [0.4, 0.5) is 0 Å². The van der Waals surface area contributed by atoms with Crippen molar-refractivity contribution in [3.63, 3.8) is 0 Å². The normalized spacial score (nSPS) is 44.4. The molecule has 0 bridgehead atoms. The Hall–Kier alpha value is -0.370. The molecule has 1 fully saturated rings. The second-order valence-electron chi connectivity index (χ2n) is 4.87. The highest BCUT2D eigenvalue weighted by Gasteiger charge is 2.40. The molecule has 0 aromatic heterocycles. The largest absolute Gasteiger partial charge is 0.307 e. The van der Waals surface area contributed by atoms with Crippen LogP contribution in [0.3, 0.4) is 0 Å². The minimum atomic E-state index is 0.120. The van der Waals surface area contributed by atoms with Crippen molar-refractivity contribution < 1.29 is 0 Å². The van der Waals surface area contributed by atoms with Crippen molar-refractivity contribution in [2.24, 2.45) is 16.8 Å². The molecule has 12 heavy (non-hydrogen) atoms. The third-order valence-corrected chi connectivity index (χ3v) is 2.99. The van der Waals surface area contributed by atoms with Gasteiger partial charge in [0.1, 0.15) is 0 Å². The first-order chi connectivity index (χ1) is 5.58. The molecule has 0 radical (unpaired) electrons. The molecular formula is C10H18N2. The fraction of sp³-hybridized carbons (Fsp3) is 0.900. The van der Waals surface area contributed by atoms with Gasteiger partial charge in [-0.3, -0.25) is 4.99 Å². The number of nitrogens with zero attached hydrogens (tertiary/aromatic N) is 1. The Morgan fingerprint density at radius 2 is 2.17 bits per heavy atom. The van der Waals surface area contributed by atoms with Gasteiger partial charge in [0.2, 0.25) is 0 Å². The molecule has 1 aliphatic heterocycles. The minimum absolute atomic E-state index is 0.120. The van der Waals surface area contributed by atoms with Gasteiger partial charge in [0, 0.05) is 18.8 Å². The highest BCUT2D eigenvalue weighted by molar-refractivity contribution is 5.67. The molecule has 2 nitrogen and oxygen atoms in total. The Balaban J connectivity index is 1.97. The van der Waals surface area contributed by atoms with E-state index in [0.717, 1.165) is 18.4 Å². The Morgan fingerprint density at radius 1 is 1.50 bits per heavy atom. The third kappa shape index (κ3) is 1.53. The zero-order valence-corrected chi connectivity index (χ0v) is 8.17. The standard InChI is InChI=1S/C10H18N2/c1-7-4-8(7)9-5-12-10(2,3)6-11-9/h5,7-9,11H,4,6H2,1-3H3/t7?,8-,9?/m0/s1. The van der Waals surface area contributed by atoms with Crippen LogP contribution in [-0.2, 0) is 0 Å². The average Bonchev–Trinajstić information content (AvgIpc) is 2.67. The summed E-state index contributed by atoms with van der Waals surface area (Å²) in [6, 6.07) is 0.563. The van der Waals surface area contributed by atoms with Crippen molar-refractivity contribution in [3.05, 3.63) is 0 Å². The second-order valence-corrected chi connectivity index (χ2v) is 4.87. The van der Waals surface area contributed by atoms with E-state index in [2.05, 4.69) is 37.3 Å². The van der Waals surface area contributed by atoms with E-state index in [1.54, 1.807) is 0 Å². The van der Waals surface area contributed by atoms with Crippen LogP contribution in [0.1, 0.15) is 27.2 Å². The summed E-state index contributed by atoms with van der Waals surface area (Å²) in [5, 5.41) is 3.55. The van der Waals surface area contributed by atoms with Gasteiger partial charge < -0.3 is 5.32 Å². The molecule has 1 saturated carbocycles. The molecule has 1 N–H and O–H groups in total. The molecule has 0 aromatic rings. The topological polar surface area (TPSA) is 24.4 Å². The zero-order valence-electron chi connectivity index (χ0n) is 8.17. The fourth-order valence-corrected chi connectivity index (χ4v) is 1.86. The molecule has 1 heterocycles. The first-order valence-electron chi connectivity index (χ1n) is 4.87. The predicted molar refractivity (Wildman–Crippen MR) is 51.6 cm³/mol. The van der Waals surface area contributed by atoms with Crippen molar-refractivity contribution in [3.8, 4) is 0 Å². The second kappa shape index (κ2) is 2.56. The van der Waals surface area contributed by atoms with Crippen molar-refractivity contribution >= 4 is 6.21 Å². The average molecular weight is 166 g/mol. The van der Waals surface area contributed by atoms with Gasteiger partial charge in [0.15, 0.2) is 0 Å². The number of hydrogen-bond donors (Lipinski definition) is 1. The molecule has 0 amide bonds. The lowest BCUT2D eigenvalue weighted by molar-refractivity contribution is 0.410. The molecule has 0 spiro atoms. The summed E-state index contributed by atoms with van der Waals surface area (Å²) >= 11 is 0. The van der Waals surface area contributed by atoms with Gasteiger partial charge in [-0.2, -0.15) is 0 Å². The van der Waals surface area contributed by atoms with Crippen molar-refractivity contribution in [1.82, 2.24) is 5.32 Å². The van der Waals surface area contributed by atoms with Crippen molar-refractivity contribution in [1.29, 1.82) is 0 Å². The van der Waals surface area contributed by atoms with Crippen LogP contribution < -0.4 is 5.32 Å². The molecule has 68 valence electrons. The van der Waals surface area contributed by atoms with Gasteiger partial charge >= 0.3 is 0 Å². The van der Waals surface area contributed by atoms with E-state index in [4.69, 9.17) is 0 Å². The fourth-order valence-electron chi connectivity index (χ4n) is 1.86. The third-order valence-electron chi connectivity index (χ3n) is 2.99. The quantitative estimate of drug-likeness (QED) is 0.626. The van der Waals surface area contributed by atoms with Crippen LogP contribution >= 0.6 is 0 Å². The molecule has 2 aliphatic rings. The smallest absolute Gasteiger partial charge is 0.0673 e. The maximum atomic E-state index is 4.55. The Labute approximate surface area is 74.5 Å². The molecule has 3 atom stereocenters. The monoisotopic (exact) mass is 166 g/mol. The number of aliphatic imine (C=N–C) groups is 1. The van der Waals surface area contributed by atoms with E-state index < -0.39 is 0 Å². The highest BCUT2D eigenvalue weighted by Crippen LogP contribution is 2.40. The van der Waals surface area contributed by atoms with Crippen LogP contribution in [0.15, 0.2) is 4.99 Å². The Bertz CT molecular complexity index is 208. The summed E-state index contributed by atoms with van der Waals surface area (Å²) in [5.74, 6) is 1.78. The van der Waals surface area contributed by atoms with E-state index in [1.165, 1.54) is 6.42 Å². The molecule has 2 heteroatoms. The summed E-state index contributed by atoms with van der Waals surface area (Å²) in [6.07, 6.45) is 3.50. The summed E-state index contributed by atoms with van der Waals surface area (Å²) in [6.45, 7) is 7.68. The first kappa shape index (κ1) is 8.24. The summed E-state index contributed by atoms with van der Waals surface area (Å²) in [7, 11) is 0. The van der Waals surface area contributed by atoms with Gasteiger partial charge in [-0.1, -0.05) is 6.92 Å². The van der Waals surface area contributed by atoms with Crippen molar-refractivity contribution in [2.75, 3.05) is 6.54 Å². The van der Waals surface area contributed by atoms with Gasteiger partial charge in [-0.15, -0.1) is 0 Å². The minimum Gasteiger partial charge on any atom is -0.307 e. The molecule has 0 aromatic carbocycles. The lowest BCUT2D eigenvalue weighted by atomic mass is 10.0. The van der Waals surface area contributed by atoms with E-state index in [0.29, 0.717) is 6.04 Å². The summed E-state index contributed by atoms with van der Waals surface area (Å²) in [5.41, 5.74) is 0.120. The van der Waals surface area contributed by atoms with Crippen LogP contribution in [0.5, 0.6) is 0 Å². The molecule has 1 aliphatic carbocycles. The molecular weight excluding hydrogens is 148 g/mol. The van der Waals surface area contributed by atoms with Crippen molar-refractivity contribution in [2.45, 2.75) is 38.8 Å². The molecule has 2 unspecified atom stereocenters. The number of nitrogens with one attached hydrogen (secondary N) is 1. The van der Waals surface area contributed by atoms with E-state index in [9.17, 15) is 0 Å². The van der Waals surface area contributed by atoms with Gasteiger partial charge in [-0.05, 0) is 32.1 Å². The van der Waals surface area contributed by atoms with Gasteiger partial charge in [0.25, 0.3) is 0 Å². The lowest BCUT2D eigenvalue weighted by Crippen LogP contribution is -2.46. The SMILES string of the molecule is CC1C[C@@H]1C1C=NC(C)(C)CN1. The highest BCUT2D eigenvalue weighted by atomic mass is 15.0. The maximum absolute atomic E-state index is 4.55. The van der Waals surface area contributed by atoms with Gasteiger partial charge in [-0.25, -0.2) is 0 Å².